The summed E-state index contributed by atoms with van der Waals surface area (Å²) in [6.45, 7) is 0.668. The van der Waals surface area contributed by atoms with Gasteiger partial charge in [-0.05, 0) is 24.1 Å². The first-order valence-corrected chi connectivity index (χ1v) is 5.57. The number of carbonyl (C=O) groups excluding carboxylic acids is 1. The quantitative estimate of drug-likeness (QED) is 0.469. The molecule has 6 nitrogen and oxygen atoms in total. The van der Waals surface area contributed by atoms with Gasteiger partial charge in [-0.15, -0.1) is 0 Å². The SMILES string of the molecule is COCCONC(=O)C(N)Cc1ccc(O)cc1. The number of hydrogen-bond donors (Lipinski definition) is 3. The number of nitrogens with two attached hydrogens (primary N) is 1. The minimum absolute atomic E-state index is 0.180. The molecule has 0 aliphatic heterocycles. The van der Waals surface area contributed by atoms with Crippen LogP contribution in [0.5, 0.6) is 5.75 Å². The molecular weight excluding hydrogens is 236 g/mol. The van der Waals surface area contributed by atoms with E-state index in [-0.39, 0.29) is 18.3 Å². The largest absolute Gasteiger partial charge is 0.508 e. The van der Waals surface area contributed by atoms with Crippen molar-refractivity contribution >= 4 is 5.91 Å². The molecule has 1 rings (SSSR count). The van der Waals surface area contributed by atoms with Gasteiger partial charge in [0.25, 0.3) is 5.91 Å². The standard InChI is InChI=1S/C12H18N2O4/c1-17-6-7-18-14-12(16)11(13)8-9-2-4-10(15)5-3-9/h2-5,11,15H,6-8,13H2,1H3,(H,14,16). The number of hydrogen-bond acceptors (Lipinski definition) is 5. The summed E-state index contributed by atoms with van der Waals surface area (Å²) in [7, 11) is 1.54. The van der Waals surface area contributed by atoms with Gasteiger partial charge in [0.15, 0.2) is 0 Å². The molecule has 100 valence electrons. The van der Waals surface area contributed by atoms with Crippen molar-refractivity contribution in [3.63, 3.8) is 0 Å². The first kappa shape index (κ1) is 14.4. The van der Waals surface area contributed by atoms with Crippen LogP contribution in [0.25, 0.3) is 0 Å². The van der Waals surface area contributed by atoms with Crippen LogP contribution in [-0.4, -0.2) is 37.4 Å². The fourth-order valence-electron chi connectivity index (χ4n) is 1.30. The summed E-state index contributed by atoms with van der Waals surface area (Å²) in [6.07, 6.45) is 0.375. The maximum atomic E-state index is 11.5. The first-order valence-electron chi connectivity index (χ1n) is 5.57. The number of ether oxygens (including phenoxy) is 1. The van der Waals surface area contributed by atoms with E-state index < -0.39 is 6.04 Å². The smallest absolute Gasteiger partial charge is 0.260 e. The summed E-state index contributed by atoms with van der Waals surface area (Å²) in [4.78, 5) is 16.4. The van der Waals surface area contributed by atoms with Crippen LogP contribution < -0.4 is 11.2 Å². The molecule has 0 bridgehead atoms. The van der Waals surface area contributed by atoms with E-state index in [2.05, 4.69) is 5.48 Å². The monoisotopic (exact) mass is 254 g/mol. The number of methoxy groups -OCH3 is 1. The van der Waals surface area contributed by atoms with Gasteiger partial charge in [0.2, 0.25) is 0 Å². The second kappa shape index (κ2) is 7.65. The summed E-state index contributed by atoms with van der Waals surface area (Å²) in [6, 6.07) is 5.84. The second-order valence-corrected chi connectivity index (χ2v) is 3.78. The van der Waals surface area contributed by atoms with Crippen molar-refractivity contribution in [3.05, 3.63) is 29.8 Å². The summed E-state index contributed by atoms with van der Waals surface area (Å²) in [5.41, 5.74) is 8.84. The molecule has 1 unspecified atom stereocenters. The van der Waals surface area contributed by atoms with Crippen LogP contribution in [0.15, 0.2) is 24.3 Å². The lowest BCUT2D eigenvalue weighted by molar-refractivity contribution is -0.135. The number of aromatic hydroxyl groups is 1. The third-order valence-corrected chi connectivity index (χ3v) is 2.29. The molecule has 0 aromatic heterocycles. The van der Waals surface area contributed by atoms with E-state index in [1.807, 2.05) is 0 Å². The topological polar surface area (TPSA) is 93.8 Å². The predicted molar refractivity (Wildman–Crippen MR) is 65.8 cm³/mol. The molecule has 1 aromatic rings. The third kappa shape index (κ3) is 5.13. The van der Waals surface area contributed by atoms with Crippen LogP contribution in [-0.2, 0) is 20.8 Å². The molecule has 4 N–H and O–H groups in total. The molecule has 0 aliphatic rings. The van der Waals surface area contributed by atoms with Gasteiger partial charge in [-0.25, -0.2) is 5.48 Å². The zero-order valence-electron chi connectivity index (χ0n) is 10.3. The number of phenols is 1. The highest BCUT2D eigenvalue weighted by Gasteiger charge is 2.13. The zero-order chi connectivity index (χ0) is 13.4. The minimum atomic E-state index is -0.697. The Bertz CT molecular complexity index is 367. The van der Waals surface area contributed by atoms with Gasteiger partial charge in [0.1, 0.15) is 5.75 Å². The van der Waals surface area contributed by atoms with E-state index in [0.29, 0.717) is 13.0 Å². The van der Waals surface area contributed by atoms with Crippen LogP contribution in [0.2, 0.25) is 0 Å². The third-order valence-electron chi connectivity index (χ3n) is 2.29. The second-order valence-electron chi connectivity index (χ2n) is 3.78. The minimum Gasteiger partial charge on any atom is -0.508 e. The molecule has 1 aromatic carbocycles. The summed E-state index contributed by atoms with van der Waals surface area (Å²) in [5, 5.41) is 9.12. The fraction of sp³-hybridized carbons (Fsp3) is 0.417. The Kier molecular flexibility index (Phi) is 6.13. The van der Waals surface area contributed by atoms with Gasteiger partial charge >= 0.3 is 0 Å². The number of amides is 1. The number of hydroxylamine groups is 1. The van der Waals surface area contributed by atoms with E-state index in [0.717, 1.165) is 5.56 Å². The predicted octanol–water partition coefficient (Wildman–Crippen LogP) is -0.0438. The number of rotatable bonds is 7. The van der Waals surface area contributed by atoms with Crippen LogP contribution in [0.4, 0.5) is 0 Å². The lowest BCUT2D eigenvalue weighted by Crippen LogP contribution is -2.42. The Morgan fingerprint density at radius 2 is 2.06 bits per heavy atom. The van der Waals surface area contributed by atoms with Crippen molar-refractivity contribution in [2.24, 2.45) is 5.73 Å². The van der Waals surface area contributed by atoms with Crippen molar-refractivity contribution in [3.8, 4) is 5.75 Å². The van der Waals surface area contributed by atoms with Gasteiger partial charge in [-0.3, -0.25) is 9.63 Å². The Labute approximate surface area is 106 Å². The highest BCUT2D eigenvalue weighted by atomic mass is 16.7. The Hall–Kier alpha value is -1.63. The Morgan fingerprint density at radius 3 is 2.67 bits per heavy atom. The van der Waals surface area contributed by atoms with Crippen molar-refractivity contribution in [1.82, 2.24) is 5.48 Å². The number of phenolic OH excluding ortho intramolecular Hbond substituents is 1. The highest BCUT2D eigenvalue weighted by Crippen LogP contribution is 2.10. The van der Waals surface area contributed by atoms with Crippen molar-refractivity contribution < 1.29 is 19.5 Å². The number of carbonyl (C=O) groups is 1. The van der Waals surface area contributed by atoms with Gasteiger partial charge in [-0.2, -0.15) is 0 Å². The van der Waals surface area contributed by atoms with Crippen LogP contribution in [0, 0.1) is 0 Å². The van der Waals surface area contributed by atoms with Gasteiger partial charge in [-0.1, -0.05) is 12.1 Å². The summed E-state index contributed by atoms with van der Waals surface area (Å²) >= 11 is 0. The zero-order valence-corrected chi connectivity index (χ0v) is 10.3. The summed E-state index contributed by atoms with van der Waals surface area (Å²) < 4.78 is 4.76. The lowest BCUT2D eigenvalue weighted by Gasteiger charge is -2.12. The fourth-order valence-corrected chi connectivity index (χ4v) is 1.30. The van der Waals surface area contributed by atoms with Gasteiger partial charge in [0.05, 0.1) is 19.3 Å². The molecule has 1 atom stereocenters. The van der Waals surface area contributed by atoms with E-state index in [1.165, 1.54) is 0 Å². The first-order chi connectivity index (χ1) is 8.63. The molecule has 0 aliphatic carbocycles. The molecule has 0 saturated carbocycles. The molecule has 1 amide bonds. The van der Waals surface area contributed by atoms with Crippen LogP contribution in [0.1, 0.15) is 5.56 Å². The lowest BCUT2D eigenvalue weighted by atomic mass is 10.1. The normalized spacial score (nSPS) is 12.1. The maximum Gasteiger partial charge on any atom is 0.260 e. The van der Waals surface area contributed by atoms with Gasteiger partial charge < -0.3 is 15.6 Å². The van der Waals surface area contributed by atoms with E-state index >= 15 is 0 Å². The molecule has 0 fully saturated rings. The molecule has 18 heavy (non-hydrogen) atoms. The molecular formula is C12H18N2O4. The Balaban J connectivity index is 2.33. The maximum absolute atomic E-state index is 11.5. The number of benzene rings is 1. The van der Waals surface area contributed by atoms with Crippen molar-refractivity contribution in [2.45, 2.75) is 12.5 Å². The van der Waals surface area contributed by atoms with E-state index in [9.17, 15) is 4.79 Å². The molecule has 6 heteroatoms. The molecule has 0 spiro atoms. The van der Waals surface area contributed by atoms with Crippen molar-refractivity contribution in [2.75, 3.05) is 20.3 Å². The average molecular weight is 254 g/mol. The Morgan fingerprint density at radius 1 is 1.39 bits per heavy atom. The van der Waals surface area contributed by atoms with Gasteiger partial charge in [0, 0.05) is 7.11 Å². The summed E-state index contributed by atoms with van der Waals surface area (Å²) in [5.74, 6) is -0.209. The average Bonchev–Trinajstić information content (AvgIpc) is 2.37. The molecule has 0 saturated heterocycles. The molecule has 0 radical (unpaired) electrons. The van der Waals surface area contributed by atoms with Crippen LogP contribution >= 0.6 is 0 Å². The van der Waals surface area contributed by atoms with E-state index in [1.54, 1.807) is 31.4 Å². The van der Waals surface area contributed by atoms with Crippen molar-refractivity contribution in [1.29, 1.82) is 0 Å². The highest BCUT2D eigenvalue weighted by molar-refractivity contribution is 5.80. The molecule has 0 heterocycles. The van der Waals surface area contributed by atoms with E-state index in [4.69, 9.17) is 20.4 Å². The van der Waals surface area contributed by atoms with Crippen LogP contribution in [0.3, 0.4) is 0 Å². The number of nitrogens with one attached hydrogen (secondary N) is 1.